The molecule has 6 nitrogen and oxygen atoms in total. The molecular formula is C26H39N3O3. The Labute approximate surface area is 191 Å². The monoisotopic (exact) mass is 441 g/mol. The van der Waals surface area contributed by atoms with Crippen molar-refractivity contribution in [2.24, 2.45) is 7.05 Å². The predicted molar refractivity (Wildman–Crippen MR) is 132 cm³/mol. The van der Waals surface area contributed by atoms with E-state index in [1.807, 2.05) is 30.7 Å². The summed E-state index contributed by atoms with van der Waals surface area (Å²) in [6.45, 7) is 14.4. The maximum absolute atomic E-state index is 12.9. The number of aromatic nitrogens is 3. The van der Waals surface area contributed by atoms with E-state index in [0.717, 1.165) is 47.9 Å². The molecule has 3 rings (SSSR count). The van der Waals surface area contributed by atoms with Gasteiger partial charge < -0.3 is 14.4 Å². The smallest absolute Gasteiger partial charge is 0.291 e. The molecule has 3 aromatic rings. The summed E-state index contributed by atoms with van der Waals surface area (Å²) in [4.78, 5) is 12.9. The van der Waals surface area contributed by atoms with Crippen molar-refractivity contribution in [3.63, 3.8) is 0 Å². The van der Waals surface area contributed by atoms with Crippen LogP contribution in [-0.4, -0.2) is 31.7 Å². The van der Waals surface area contributed by atoms with Crippen LogP contribution < -0.4 is 10.3 Å². The molecule has 1 aromatic carbocycles. The topological polar surface area (TPSA) is 69.3 Å². The lowest BCUT2D eigenvalue weighted by Crippen LogP contribution is -2.24. The SMILES string of the molecule is CCC(CC)Oc1nn(C)c(=O)c2c1ccn2-c1c(C)cc(C)cc1C.CCC(O)CC. The Balaban J connectivity index is 0.000000534. The van der Waals surface area contributed by atoms with Gasteiger partial charge in [0.15, 0.2) is 0 Å². The number of benzene rings is 1. The van der Waals surface area contributed by atoms with Crippen molar-refractivity contribution in [1.29, 1.82) is 0 Å². The van der Waals surface area contributed by atoms with Crippen molar-refractivity contribution >= 4 is 10.9 Å². The van der Waals surface area contributed by atoms with E-state index in [-0.39, 0.29) is 17.8 Å². The van der Waals surface area contributed by atoms with Gasteiger partial charge in [0.05, 0.1) is 17.2 Å². The molecule has 0 aliphatic carbocycles. The highest BCUT2D eigenvalue weighted by Gasteiger charge is 2.19. The van der Waals surface area contributed by atoms with E-state index in [1.54, 1.807) is 7.05 Å². The van der Waals surface area contributed by atoms with Crippen LogP contribution in [0.1, 0.15) is 70.1 Å². The number of aliphatic hydroxyl groups excluding tert-OH is 1. The van der Waals surface area contributed by atoms with Crippen LogP contribution in [0, 0.1) is 20.8 Å². The fourth-order valence-corrected chi connectivity index (χ4v) is 3.94. The summed E-state index contributed by atoms with van der Waals surface area (Å²) >= 11 is 0. The first-order valence-corrected chi connectivity index (χ1v) is 11.7. The molecule has 2 aromatic heterocycles. The third-order valence-electron chi connectivity index (χ3n) is 5.86. The second kappa shape index (κ2) is 11.3. The third kappa shape index (κ3) is 5.60. The zero-order chi connectivity index (χ0) is 24.0. The Morgan fingerprint density at radius 1 is 1.00 bits per heavy atom. The number of nitrogens with zero attached hydrogens (tertiary/aromatic N) is 3. The van der Waals surface area contributed by atoms with Gasteiger partial charge in [0.25, 0.3) is 5.56 Å². The van der Waals surface area contributed by atoms with Crippen molar-refractivity contribution in [3.05, 3.63) is 51.4 Å². The average molecular weight is 442 g/mol. The van der Waals surface area contributed by atoms with E-state index in [0.29, 0.717) is 11.4 Å². The molecule has 0 fully saturated rings. The number of aryl methyl sites for hydroxylation is 4. The maximum atomic E-state index is 12.9. The molecule has 32 heavy (non-hydrogen) atoms. The maximum Gasteiger partial charge on any atom is 0.291 e. The van der Waals surface area contributed by atoms with Crippen LogP contribution in [-0.2, 0) is 7.05 Å². The largest absolute Gasteiger partial charge is 0.473 e. The van der Waals surface area contributed by atoms with E-state index in [4.69, 9.17) is 9.84 Å². The fraction of sp³-hybridized carbons (Fsp3) is 0.538. The zero-order valence-corrected chi connectivity index (χ0v) is 20.9. The molecule has 0 aliphatic rings. The van der Waals surface area contributed by atoms with Crippen molar-refractivity contribution in [2.75, 3.05) is 0 Å². The van der Waals surface area contributed by atoms with Crippen molar-refractivity contribution < 1.29 is 9.84 Å². The highest BCUT2D eigenvalue weighted by molar-refractivity contribution is 5.86. The molecule has 0 atom stereocenters. The summed E-state index contributed by atoms with van der Waals surface area (Å²) in [5, 5.41) is 13.8. The Bertz CT molecular complexity index is 1070. The minimum atomic E-state index is -0.124. The van der Waals surface area contributed by atoms with Crippen molar-refractivity contribution in [1.82, 2.24) is 14.3 Å². The van der Waals surface area contributed by atoms with Crippen molar-refractivity contribution in [2.45, 2.75) is 86.4 Å². The minimum absolute atomic E-state index is 0.0648. The molecule has 176 valence electrons. The summed E-state index contributed by atoms with van der Waals surface area (Å²) in [5.41, 5.74) is 5.03. The molecule has 0 spiro atoms. The Morgan fingerprint density at radius 3 is 2.03 bits per heavy atom. The van der Waals surface area contributed by atoms with E-state index < -0.39 is 0 Å². The van der Waals surface area contributed by atoms with Gasteiger partial charge in [-0.1, -0.05) is 45.4 Å². The van der Waals surface area contributed by atoms with Crippen LogP contribution in [0.4, 0.5) is 0 Å². The van der Waals surface area contributed by atoms with E-state index in [2.05, 4.69) is 51.9 Å². The fourth-order valence-electron chi connectivity index (χ4n) is 3.94. The number of hydrogen-bond acceptors (Lipinski definition) is 4. The minimum Gasteiger partial charge on any atom is -0.473 e. The molecular weight excluding hydrogens is 402 g/mol. The molecule has 0 amide bonds. The van der Waals surface area contributed by atoms with Crippen LogP contribution in [0.25, 0.3) is 16.6 Å². The summed E-state index contributed by atoms with van der Waals surface area (Å²) in [5.74, 6) is 0.525. The first-order valence-electron chi connectivity index (χ1n) is 11.7. The van der Waals surface area contributed by atoms with Gasteiger partial charge in [-0.3, -0.25) is 4.79 Å². The number of aliphatic hydroxyl groups is 1. The lowest BCUT2D eigenvalue weighted by atomic mass is 10.0. The van der Waals surface area contributed by atoms with Gasteiger partial charge in [-0.25, -0.2) is 4.68 Å². The van der Waals surface area contributed by atoms with Crippen LogP contribution in [0.5, 0.6) is 5.88 Å². The molecule has 0 aliphatic heterocycles. The van der Waals surface area contributed by atoms with E-state index in [1.165, 1.54) is 10.2 Å². The van der Waals surface area contributed by atoms with Gasteiger partial charge in [0.1, 0.15) is 11.6 Å². The lowest BCUT2D eigenvalue weighted by molar-refractivity contribution is 0.166. The molecule has 2 heterocycles. The van der Waals surface area contributed by atoms with Gasteiger partial charge in [0.2, 0.25) is 5.88 Å². The Hall–Kier alpha value is -2.60. The zero-order valence-electron chi connectivity index (χ0n) is 20.9. The number of fused-ring (bicyclic) bond motifs is 1. The molecule has 0 unspecified atom stereocenters. The lowest BCUT2D eigenvalue weighted by Gasteiger charge is -2.17. The predicted octanol–water partition coefficient (Wildman–Crippen LogP) is 5.38. The van der Waals surface area contributed by atoms with Crippen LogP contribution in [0.2, 0.25) is 0 Å². The molecule has 1 N–H and O–H groups in total. The highest BCUT2D eigenvalue weighted by Crippen LogP contribution is 2.29. The third-order valence-corrected chi connectivity index (χ3v) is 5.86. The quantitative estimate of drug-likeness (QED) is 0.534. The number of hydrogen-bond donors (Lipinski definition) is 1. The van der Waals surface area contributed by atoms with Crippen LogP contribution >= 0.6 is 0 Å². The van der Waals surface area contributed by atoms with Gasteiger partial charge in [-0.05, 0) is 63.6 Å². The standard InChI is InChI=1S/C21H27N3O2.C5H12O/c1-7-16(8-2)26-20-17-9-10-24(19(17)21(25)23(6)22-20)18-14(4)11-13(3)12-15(18)5;1-3-5(6)4-2/h9-12,16H,7-8H2,1-6H3;5-6H,3-4H2,1-2H3. The van der Waals surface area contributed by atoms with Gasteiger partial charge in [-0.15, -0.1) is 5.10 Å². The molecule has 0 saturated carbocycles. The first kappa shape index (κ1) is 25.7. The first-order chi connectivity index (χ1) is 15.2. The molecule has 6 heteroatoms. The molecule has 0 saturated heterocycles. The highest BCUT2D eigenvalue weighted by atomic mass is 16.5. The van der Waals surface area contributed by atoms with E-state index in [9.17, 15) is 4.79 Å². The Morgan fingerprint density at radius 2 is 1.56 bits per heavy atom. The summed E-state index contributed by atoms with van der Waals surface area (Å²) < 4.78 is 9.45. The Kier molecular flexibility index (Phi) is 9.08. The number of ether oxygens (including phenoxy) is 1. The second-order valence-corrected chi connectivity index (χ2v) is 8.46. The molecule has 0 radical (unpaired) electrons. The number of rotatable bonds is 7. The van der Waals surface area contributed by atoms with Gasteiger partial charge in [0, 0.05) is 13.2 Å². The summed E-state index contributed by atoms with van der Waals surface area (Å²) in [6, 6.07) is 6.21. The average Bonchev–Trinajstić information content (AvgIpc) is 3.19. The summed E-state index contributed by atoms with van der Waals surface area (Å²) in [6.07, 6.45) is 5.55. The van der Waals surface area contributed by atoms with E-state index >= 15 is 0 Å². The van der Waals surface area contributed by atoms with Crippen LogP contribution in [0.15, 0.2) is 29.2 Å². The van der Waals surface area contributed by atoms with Crippen molar-refractivity contribution in [3.8, 4) is 11.6 Å². The molecule has 0 bridgehead atoms. The second-order valence-electron chi connectivity index (χ2n) is 8.46. The normalized spacial score (nSPS) is 11.2. The van der Waals surface area contributed by atoms with Crippen LogP contribution in [0.3, 0.4) is 0 Å². The van der Waals surface area contributed by atoms with Gasteiger partial charge in [-0.2, -0.15) is 0 Å². The van der Waals surface area contributed by atoms with Gasteiger partial charge >= 0.3 is 0 Å². The summed E-state index contributed by atoms with van der Waals surface area (Å²) in [7, 11) is 1.67.